The van der Waals surface area contributed by atoms with Crippen LogP contribution in [-0.2, 0) is 11.2 Å². The first kappa shape index (κ1) is 24.8. The number of carbonyl (C=O) groups is 2. The number of rotatable bonds is 12. The molecular formula is C28H33N3O3. The van der Waals surface area contributed by atoms with Crippen LogP contribution < -0.4 is 20.7 Å². The average Bonchev–Trinajstić information content (AvgIpc) is 2.86. The predicted molar refractivity (Wildman–Crippen MR) is 137 cm³/mol. The average molecular weight is 460 g/mol. The minimum atomic E-state index is -0.185. The molecule has 0 heterocycles. The fourth-order valence-electron chi connectivity index (χ4n) is 3.34. The summed E-state index contributed by atoms with van der Waals surface area (Å²) in [5.41, 5.74) is 3.24. The summed E-state index contributed by atoms with van der Waals surface area (Å²) < 4.78 is 5.85. The Bertz CT molecular complexity index is 1070. The fourth-order valence-corrected chi connectivity index (χ4v) is 3.34. The van der Waals surface area contributed by atoms with Crippen LogP contribution in [0.1, 0.15) is 42.6 Å². The fraction of sp³-hybridized carbons (Fsp3) is 0.286. The van der Waals surface area contributed by atoms with E-state index in [0.717, 1.165) is 25.0 Å². The second-order valence-corrected chi connectivity index (χ2v) is 8.23. The van der Waals surface area contributed by atoms with Crippen LogP contribution in [0.25, 0.3) is 0 Å². The van der Waals surface area contributed by atoms with E-state index in [-0.39, 0.29) is 24.4 Å². The number of ether oxygens (including phenoxy) is 1. The molecule has 34 heavy (non-hydrogen) atoms. The molecule has 6 heteroatoms. The van der Waals surface area contributed by atoms with Crippen molar-refractivity contribution >= 4 is 23.2 Å². The molecule has 1 unspecified atom stereocenters. The van der Waals surface area contributed by atoms with Crippen LogP contribution in [0.5, 0.6) is 5.75 Å². The normalized spacial score (nSPS) is 11.4. The molecule has 0 fully saturated rings. The van der Waals surface area contributed by atoms with Gasteiger partial charge >= 0.3 is 0 Å². The lowest BCUT2D eigenvalue weighted by Gasteiger charge is -2.13. The molecule has 2 amide bonds. The van der Waals surface area contributed by atoms with E-state index in [2.05, 4.69) is 28.1 Å². The largest absolute Gasteiger partial charge is 0.494 e. The van der Waals surface area contributed by atoms with Crippen LogP contribution in [-0.4, -0.2) is 31.0 Å². The van der Waals surface area contributed by atoms with Gasteiger partial charge in [0.05, 0.1) is 13.2 Å². The maximum Gasteiger partial charge on any atom is 0.251 e. The zero-order valence-electron chi connectivity index (χ0n) is 19.8. The first-order valence-electron chi connectivity index (χ1n) is 11.7. The highest BCUT2D eigenvalue weighted by atomic mass is 16.5. The lowest BCUT2D eigenvalue weighted by atomic mass is 10.1. The van der Waals surface area contributed by atoms with Crippen LogP contribution in [0.15, 0.2) is 78.9 Å². The second kappa shape index (κ2) is 13.0. The lowest BCUT2D eigenvalue weighted by Crippen LogP contribution is -2.31. The van der Waals surface area contributed by atoms with E-state index in [0.29, 0.717) is 23.5 Å². The first-order chi connectivity index (χ1) is 16.5. The smallest absolute Gasteiger partial charge is 0.251 e. The van der Waals surface area contributed by atoms with Gasteiger partial charge in [0.2, 0.25) is 5.91 Å². The highest BCUT2D eigenvalue weighted by molar-refractivity contribution is 5.96. The summed E-state index contributed by atoms with van der Waals surface area (Å²) >= 11 is 0. The number of hydrogen-bond donors (Lipinski definition) is 3. The van der Waals surface area contributed by atoms with Gasteiger partial charge < -0.3 is 20.7 Å². The van der Waals surface area contributed by atoms with Crippen molar-refractivity contribution in [2.75, 3.05) is 23.8 Å². The Balaban J connectivity index is 1.44. The van der Waals surface area contributed by atoms with Gasteiger partial charge in [0, 0.05) is 29.0 Å². The molecule has 0 aliphatic carbocycles. The van der Waals surface area contributed by atoms with Gasteiger partial charge in [0.25, 0.3) is 5.91 Å². The molecule has 3 aromatic carbocycles. The summed E-state index contributed by atoms with van der Waals surface area (Å²) in [6, 6.07) is 24.9. The quantitative estimate of drug-likeness (QED) is 0.322. The molecule has 6 nitrogen and oxygen atoms in total. The van der Waals surface area contributed by atoms with E-state index in [4.69, 9.17) is 4.74 Å². The van der Waals surface area contributed by atoms with Gasteiger partial charge in [0.15, 0.2) is 0 Å². The standard InChI is InChI=1S/C28H33N3O3/c1-3-21(2)30-28(33)23-13-7-14-24(18-23)29-20-27(32)31-25-15-8-16-26(19-25)34-17-9-12-22-10-5-4-6-11-22/h4-8,10-11,13-16,18-19,21,29H,3,9,12,17,20H2,1-2H3,(H,30,33)(H,31,32). The topological polar surface area (TPSA) is 79.5 Å². The summed E-state index contributed by atoms with van der Waals surface area (Å²) in [4.78, 5) is 24.7. The zero-order chi connectivity index (χ0) is 24.2. The molecule has 0 aromatic heterocycles. The molecule has 178 valence electrons. The van der Waals surface area contributed by atoms with Crippen molar-refractivity contribution in [1.82, 2.24) is 5.32 Å². The maximum absolute atomic E-state index is 12.4. The van der Waals surface area contributed by atoms with Gasteiger partial charge in [-0.25, -0.2) is 0 Å². The van der Waals surface area contributed by atoms with Gasteiger partial charge in [0.1, 0.15) is 5.75 Å². The molecule has 0 radical (unpaired) electrons. The Morgan fingerprint density at radius 2 is 1.68 bits per heavy atom. The minimum Gasteiger partial charge on any atom is -0.494 e. The van der Waals surface area contributed by atoms with Gasteiger partial charge in [-0.05, 0) is 62.1 Å². The minimum absolute atomic E-state index is 0.0819. The molecule has 0 aliphatic rings. The lowest BCUT2D eigenvalue weighted by molar-refractivity contribution is -0.114. The maximum atomic E-state index is 12.4. The van der Waals surface area contributed by atoms with Crippen LogP contribution in [0.2, 0.25) is 0 Å². The third kappa shape index (κ3) is 8.28. The monoisotopic (exact) mass is 459 g/mol. The molecule has 0 spiro atoms. The summed E-state index contributed by atoms with van der Waals surface area (Å²) in [5.74, 6) is 0.414. The molecule has 0 bridgehead atoms. The summed E-state index contributed by atoms with van der Waals surface area (Å²) in [5, 5.41) is 8.90. The molecule has 0 aliphatic heterocycles. The SMILES string of the molecule is CCC(C)NC(=O)c1cccc(NCC(=O)Nc2cccc(OCCCc3ccccc3)c2)c1. The molecule has 0 saturated heterocycles. The van der Waals surface area contributed by atoms with Crippen LogP contribution in [0.3, 0.4) is 0 Å². The first-order valence-corrected chi connectivity index (χ1v) is 11.7. The van der Waals surface area contributed by atoms with Crippen molar-refractivity contribution in [3.05, 3.63) is 90.0 Å². The Labute approximate surface area is 201 Å². The van der Waals surface area contributed by atoms with Crippen molar-refractivity contribution in [1.29, 1.82) is 0 Å². The number of amides is 2. The number of carbonyl (C=O) groups excluding carboxylic acids is 2. The predicted octanol–water partition coefficient (Wildman–Crippen LogP) is 5.28. The summed E-state index contributed by atoms with van der Waals surface area (Å²) in [6.07, 6.45) is 2.74. The Morgan fingerprint density at radius 1 is 0.912 bits per heavy atom. The highest BCUT2D eigenvalue weighted by Crippen LogP contribution is 2.18. The molecule has 3 aromatic rings. The molecule has 1 atom stereocenters. The Hall–Kier alpha value is -3.80. The van der Waals surface area contributed by atoms with Crippen molar-refractivity contribution < 1.29 is 14.3 Å². The highest BCUT2D eigenvalue weighted by Gasteiger charge is 2.10. The summed E-state index contributed by atoms with van der Waals surface area (Å²) in [7, 11) is 0. The molecule has 3 rings (SSSR count). The molecular weight excluding hydrogens is 426 g/mol. The third-order valence-electron chi connectivity index (χ3n) is 5.41. The van der Waals surface area contributed by atoms with E-state index < -0.39 is 0 Å². The van der Waals surface area contributed by atoms with Crippen molar-refractivity contribution in [3.63, 3.8) is 0 Å². The number of benzene rings is 3. The van der Waals surface area contributed by atoms with Crippen LogP contribution in [0.4, 0.5) is 11.4 Å². The van der Waals surface area contributed by atoms with E-state index >= 15 is 0 Å². The number of hydrogen-bond acceptors (Lipinski definition) is 4. The second-order valence-electron chi connectivity index (χ2n) is 8.23. The van der Waals surface area contributed by atoms with Crippen molar-refractivity contribution in [2.24, 2.45) is 0 Å². The van der Waals surface area contributed by atoms with E-state index in [9.17, 15) is 9.59 Å². The zero-order valence-corrected chi connectivity index (χ0v) is 19.8. The van der Waals surface area contributed by atoms with Crippen molar-refractivity contribution in [3.8, 4) is 5.75 Å². The molecule has 0 saturated carbocycles. The van der Waals surface area contributed by atoms with E-state index in [1.165, 1.54) is 5.56 Å². The van der Waals surface area contributed by atoms with Crippen molar-refractivity contribution in [2.45, 2.75) is 39.2 Å². The Morgan fingerprint density at radius 3 is 2.47 bits per heavy atom. The Kier molecular flexibility index (Phi) is 9.52. The van der Waals surface area contributed by atoms with Gasteiger partial charge in [-0.3, -0.25) is 9.59 Å². The van der Waals surface area contributed by atoms with E-state index in [1.54, 1.807) is 18.2 Å². The van der Waals surface area contributed by atoms with Gasteiger partial charge in [-0.2, -0.15) is 0 Å². The van der Waals surface area contributed by atoms with Crippen LogP contribution >= 0.6 is 0 Å². The van der Waals surface area contributed by atoms with Crippen LogP contribution in [0, 0.1) is 0 Å². The van der Waals surface area contributed by atoms with E-state index in [1.807, 2.05) is 62.4 Å². The van der Waals surface area contributed by atoms with Gasteiger partial charge in [-0.1, -0.05) is 49.4 Å². The number of nitrogens with one attached hydrogen (secondary N) is 3. The number of aryl methyl sites for hydroxylation is 1. The van der Waals surface area contributed by atoms with Gasteiger partial charge in [-0.15, -0.1) is 0 Å². The summed E-state index contributed by atoms with van der Waals surface area (Å²) in [6.45, 7) is 4.68. The third-order valence-corrected chi connectivity index (χ3v) is 5.41. The number of anilines is 2. The molecule has 3 N–H and O–H groups in total.